The molecule has 3 N–H and O–H groups in total. The van der Waals surface area contributed by atoms with Gasteiger partial charge in [0.2, 0.25) is 29.5 Å². The Morgan fingerprint density at radius 2 is 1.56 bits per heavy atom. The number of methoxy groups -OCH3 is 2. The van der Waals surface area contributed by atoms with Crippen LogP contribution in [0.5, 0.6) is 0 Å². The number of carbonyl (C=O) groups is 8. The standard InChI is InChI=1S/C49H74N6O11/c1-10-32(4)43(37(65-8)30-41(59)53-27-17-21-36(53)44(66-9)33(5)45(60)50-35(47(62)63)29-34-19-13-11-14-20-34)52(7)46(61)42(31(2)3)51-48(64)49(6)25-18-28-55(49)40(58)22-15-12-16-26-54-38(56)23-24-39(54)57/h11,13-14,19-20,23-24,31-33,35-37,42-44H,10,12,15-18,21-22,25-30H2,1-9H3,(H,50,60)(H,51,64)(H,62,63)/t32?,33?,35?,36-,37?,42?,43?,44?,49-/m0/s1. The van der Waals surface area contributed by atoms with E-state index in [4.69, 9.17) is 9.47 Å². The highest BCUT2D eigenvalue weighted by atomic mass is 16.5. The molecule has 7 unspecified atom stereocenters. The number of hydrogen-bond acceptors (Lipinski definition) is 10. The lowest BCUT2D eigenvalue weighted by Crippen LogP contribution is -2.62. The fourth-order valence-corrected chi connectivity index (χ4v) is 9.80. The van der Waals surface area contributed by atoms with Crippen LogP contribution in [0.3, 0.4) is 0 Å². The Bertz CT molecular complexity index is 1890. The Hall–Kier alpha value is -5.16. The van der Waals surface area contributed by atoms with Gasteiger partial charge in [0.1, 0.15) is 17.6 Å². The number of carbonyl (C=O) groups excluding carboxylic acids is 7. The summed E-state index contributed by atoms with van der Waals surface area (Å²) in [4.78, 5) is 112. The largest absolute Gasteiger partial charge is 0.480 e. The molecule has 3 aliphatic rings. The summed E-state index contributed by atoms with van der Waals surface area (Å²) in [6.07, 6.45) is 5.91. The third kappa shape index (κ3) is 13.0. The molecule has 3 aliphatic heterocycles. The Morgan fingerprint density at radius 3 is 2.15 bits per heavy atom. The molecule has 0 aliphatic carbocycles. The van der Waals surface area contributed by atoms with E-state index >= 15 is 0 Å². The summed E-state index contributed by atoms with van der Waals surface area (Å²) in [6, 6.07) is 5.88. The van der Waals surface area contributed by atoms with E-state index in [0.29, 0.717) is 64.5 Å². The Balaban J connectivity index is 1.41. The SMILES string of the molecule is CCC(C)C(C(CC(=O)N1CCC[C@H]1C(OC)C(C)C(=O)NC(Cc1ccccc1)C(=O)O)OC)N(C)C(=O)C(NC(=O)[C@]1(C)CCCN1C(=O)CCCCCN1C(=O)C=CC1=O)C(C)C. The van der Waals surface area contributed by atoms with E-state index < -0.39 is 65.6 Å². The second kappa shape index (κ2) is 24.6. The first-order chi connectivity index (χ1) is 31.3. The minimum atomic E-state index is -1.18. The van der Waals surface area contributed by atoms with Crippen LogP contribution in [0.25, 0.3) is 0 Å². The van der Waals surface area contributed by atoms with Crippen molar-refractivity contribution in [3.63, 3.8) is 0 Å². The molecule has 0 saturated carbocycles. The van der Waals surface area contributed by atoms with E-state index in [1.54, 1.807) is 59.9 Å². The first kappa shape index (κ1) is 53.5. The molecule has 0 bridgehead atoms. The van der Waals surface area contributed by atoms with Gasteiger partial charge in [-0.1, -0.05) is 77.8 Å². The lowest BCUT2D eigenvalue weighted by atomic mass is 9.89. The number of rotatable bonds is 25. The number of imide groups is 1. The second-order valence-electron chi connectivity index (χ2n) is 18.8. The lowest BCUT2D eigenvalue weighted by Gasteiger charge is -2.41. The molecule has 366 valence electrons. The van der Waals surface area contributed by atoms with Crippen LogP contribution in [0.2, 0.25) is 0 Å². The molecule has 9 atom stereocenters. The average Bonchev–Trinajstić information content (AvgIpc) is 4.03. The minimum absolute atomic E-state index is 0.0750. The van der Waals surface area contributed by atoms with Gasteiger partial charge < -0.3 is 39.9 Å². The Kier molecular flexibility index (Phi) is 19.9. The van der Waals surface area contributed by atoms with Crippen LogP contribution in [0, 0.1) is 17.8 Å². The maximum Gasteiger partial charge on any atom is 0.326 e. The first-order valence-corrected chi connectivity index (χ1v) is 23.6. The van der Waals surface area contributed by atoms with Gasteiger partial charge in [0.05, 0.1) is 36.6 Å². The number of amides is 7. The molecule has 2 fully saturated rings. The smallest absolute Gasteiger partial charge is 0.326 e. The van der Waals surface area contributed by atoms with E-state index in [1.165, 1.54) is 31.3 Å². The quantitative estimate of drug-likeness (QED) is 0.0950. The van der Waals surface area contributed by atoms with Gasteiger partial charge in [-0.25, -0.2) is 4.79 Å². The van der Waals surface area contributed by atoms with E-state index in [9.17, 15) is 43.5 Å². The van der Waals surface area contributed by atoms with Crippen molar-refractivity contribution in [1.29, 1.82) is 0 Å². The third-order valence-corrected chi connectivity index (χ3v) is 14.0. The predicted molar refractivity (Wildman–Crippen MR) is 246 cm³/mol. The van der Waals surface area contributed by atoms with Gasteiger partial charge in [-0.2, -0.15) is 0 Å². The summed E-state index contributed by atoms with van der Waals surface area (Å²) >= 11 is 0. The van der Waals surface area contributed by atoms with Gasteiger partial charge in [-0.3, -0.25) is 38.5 Å². The van der Waals surface area contributed by atoms with Gasteiger partial charge >= 0.3 is 5.97 Å². The number of carboxylic acid groups (broad SMARTS) is 1. The number of benzene rings is 1. The van der Waals surface area contributed by atoms with Crippen molar-refractivity contribution in [2.75, 3.05) is 40.9 Å². The number of aliphatic carboxylic acids is 1. The van der Waals surface area contributed by atoms with Gasteiger partial charge in [-0.15, -0.1) is 0 Å². The van der Waals surface area contributed by atoms with Crippen molar-refractivity contribution < 1.29 is 52.9 Å². The molecular weight excluding hydrogens is 849 g/mol. The summed E-state index contributed by atoms with van der Waals surface area (Å²) in [5, 5.41) is 15.6. The van der Waals surface area contributed by atoms with Crippen LogP contribution < -0.4 is 10.6 Å². The summed E-state index contributed by atoms with van der Waals surface area (Å²) in [6.45, 7) is 12.2. The summed E-state index contributed by atoms with van der Waals surface area (Å²) in [7, 11) is 4.65. The van der Waals surface area contributed by atoms with Crippen LogP contribution in [-0.4, -0.2) is 155 Å². The molecule has 4 rings (SSSR count). The highest BCUT2D eigenvalue weighted by molar-refractivity contribution is 6.12. The molecule has 1 aromatic carbocycles. The van der Waals surface area contributed by atoms with Crippen molar-refractivity contribution in [3.05, 3.63) is 48.0 Å². The number of unbranched alkanes of at least 4 members (excludes halogenated alkanes) is 2. The normalized spacial score (nSPS) is 21.6. The number of likely N-dealkylation sites (N-methyl/N-ethyl adjacent to an activating group) is 1. The number of ether oxygens (including phenoxy) is 2. The molecule has 7 amide bonds. The monoisotopic (exact) mass is 923 g/mol. The molecule has 3 heterocycles. The molecule has 0 radical (unpaired) electrons. The second-order valence-corrected chi connectivity index (χ2v) is 18.8. The molecule has 17 nitrogen and oxygen atoms in total. The van der Waals surface area contributed by atoms with Gasteiger partial charge in [-0.05, 0) is 62.8 Å². The van der Waals surface area contributed by atoms with Crippen LogP contribution >= 0.6 is 0 Å². The zero-order valence-corrected chi connectivity index (χ0v) is 40.5. The highest BCUT2D eigenvalue weighted by Crippen LogP contribution is 2.32. The third-order valence-electron chi connectivity index (χ3n) is 14.0. The van der Waals surface area contributed by atoms with Crippen LogP contribution in [0.15, 0.2) is 42.5 Å². The molecule has 17 heteroatoms. The molecular formula is C49H74N6O11. The Morgan fingerprint density at radius 1 is 0.894 bits per heavy atom. The number of carboxylic acids is 1. The molecule has 0 aromatic heterocycles. The van der Waals surface area contributed by atoms with Crippen molar-refractivity contribution in [2.24, 2.45) is 17.8 Å². The maximum absolute atomic E-state index is 14.6. The molecule has 0 spiro atoms. The highest BCUT2D eigenvalue weighted by Gasteiger charge is 2.48. The van der Waals surface area contributed by atoms with Crippen molar-refractivity contribution >= 4 is 47.3 Å². The summed E-state index contributed by atoms with van der Waals surface area (Å²) < 4.78 is 11.9. The van der Waals surface area contributed by atoms with Crippen LogP contribution in [0.1, 0.15) is 111 Å². The minimum Gasteiger partial charge on any atom is -0.480 e. The Labute approximate surface area is 390 Å². The summed E-state index contributed by atoms with van der Waals surface area (Å²) in [5.41, 5.74) is -0.411. The number of hydrogen-bond donors (Lipinski definition) is 3. The van der Waals surface area contributed by atoms with Gasteiger partial charge in [0.15, 0.2) is 0 Å². The van der Waals surface area contributed by atoms with Gasteiger partial charge in [0.25, 0.3) is 11.8 Å². The maximum atomic E-state index is 14.6. The number of likely N-dealkylation sites (tertiary alicyclic amines) is 2. The van der Waals surface area contributed by atoms with E-state index in [0.717, 1.165) is 5.56 Å². The average molecular weight is 923 g/mol. The fourth-order valence-electron chi connectivity index (χ4n) is 9.80. The van der Waals surface area contributed by atoms with Crippen LogP contribution in [-0.2, 0) is 54.3 Å². The van der Waals surface area contributed by atoms with Crippen molar-refractivity contribution in [1.82, 2.24) is 30.2 Å². The fraction of sp³-hybridized carbons (Fsp3) is 0.673. The predicted octanol–water partition coefficient (Wildman–Crippen LogP) is 3.73. The van der Waals surface area contributed by atoms with Crippen LogP contribution in [0.4, 0.5) is 0 Å². The molecule has 66 heavy (non-hydrogen) atoms. The van der Waals surface area contributed by atoms with E-state index in [-0.39, 0.29) is 67.2 Å². The first-order valence-electron chi connectivity index (χ1n) is 23.6. The van der Waals surface area contributed by atoms with Gasteiger partial charge in [0, 0.05) is 65.9 Å². The molecule has 2 saturated heterocycles. The molecule has 1 aromatic rings. The zero-order valence-electron chi connectivity index (χ0n) is 40.5. The van der Waals surface area contributed by atoms with E-state index in [2.05, 4.69) is 10.6 Å². The topological polar surface area (TPSA) is 212 Å². The number of nitrogens with one attached hydrogen (secondary N) is 2. The lowest BCUT2D eigenvalue weighted by molar-refractivity contribution is -0.150. The number of nitrogens with zero attached hydrogens (tertiary/aromatic N) is 4. The van der Waals surface area contributed by atoms with Crippen molar-refractivity contribution in [3.8, 4) is 0 Å². The van der Waals surface area contributed by atoms with E-state index in [1.807, 2.05) is 33.8 Å². The van der Waals surface area contributed by atoms with Crippen molar-refractivity contribution in [2.45, 2.75) is 154 Å². The zero-order chi connectivity index (χ0) is 48.9. The summed E-state index contributed by atoms with van der Waals surface area (Å²) in [5.74, 6) is -4.76.